The third-order valence-electron chi connectivity index (χ3n) is 2.66. The number of rotatable bonds is 4. The molecule has 0 spiro atoms. The van der Waals surface area contributed by atoms with Gasteiger partial charge in [-0.05, 0) is 48.5 Å². The van der Waals surface area contributed by atoms with Crippen LogP contribution in [0.5, 0.6) is 0 Å². The number of nitrogens with one attached hydrogen (secondary N) is 1. The molecule has 2 aromatic rings. The highest BCUT2D eigenvalue weighted by molar-refractivity contribution is 7.92. The largest absolute Gasteiger partial charge is 0.280 e. The van der Waals surface area contributed by atoms with Crippen molar-refractivity contribution in [2.75, 3.05) is 11.0 Å². The van der Waals surface area contributed by atoms with E-state index in [1.54, 1.807) is 0 Å². The van der Waals surface area contributed by atoms with Gasteiger partial charge in [0.2, 0.25) is 0 Å². The summed E-state index contributed by atoms with van der Waals surface area (Å²) in [6.45, 7) is 0. The summed E-state index contributed by atoms with van der Waals surface area (Å²) in [5.74, 6) is -0.536. The van der Waals surface area contributed by atoms with Crippen molar-refractivity contribution in [2.45, 2.75) is 9.79 Å². The van der Waals surface area contributed by atoms with E-state index in [4.69, 9.17) is 0 Å². The normalized spacial score (nSPS) is 12.1. The number of anilines is 1. The molecule has 0 saturated heterocycles. The minimum Gasteiger partial charge on any atom is -0.280 e. The van der Waals surface area contributed by atoms with E-state index in [1.807, 2.05) is 0 Å². The van der Waals surface area contributed by atoms with Gasteiger partial charge in [0.05, 0.1) is 9.79 Å². The first-order valence-corrected chi connectivity index (χ1v) is 9.14. The molecule has 5 nitrogen and oxygen atoms in total. The maximum atomic E-state index is 12.8. The first-order valence-electron chi connectivity index (χ1n) is 5.77. The summed E-state index contributed by atoms with van der Waals surface area (Å²) in [4.78, 5) is 0.00307. The summed E-state index contributed by atoms with van der Waals surface area (Å²) < 4.78 is 61.8. The van der Waals surface area contributed by atoms with Crippen LogP contribution >= 0.6 is 0 Å². The van der Waals surface area contributed by atoms with Crippen molar-refractivity contribution >= 4 is 25.5 Å². The second-order valence-corrected chi connectivity index (χ2v) is 8.05. The fourth-order valence-corrected chi connectivity index (χ4v) is 3.29. The minimum atomic E-state index is -3.84. The van der Waals surface area contributed by atoms with Gasteiger partial charge >= 0.3 is 0 Å². The summed E-state index contributed by atoms with van der Waals surface area (Å²) in [5.41, 5.74) is 0.215. The molecule has 0 aliphatic heterocycles. The quantitative estimate of drug-likeness (QED) is 0.931. The molecule has 0 bridgehead atoms. The van der Waals surface area contributed by atoms with Gasteiger partial charge in [0.15, 0.2) is 9.84 Å². The Balaban J connectivity index is 2.27. The van der Waals surface area contributed by atoms with Crippen LogP contribution in [0.3, 0.4) is 0 Å². The third kappa shape index (κ3) is 3.79. The van der Waals surface area contributed by atoms with Crippen molar-refractivity contribution in [1.29, 1.82) is 0 Å². The minimum absolute atomic E-state index is 0.0870. The summed E-state index contributed by atoms with van der Waals surface area (Å²) in [6.07, 6.45) is 1.06. The van der Waals surface area contributed by atoms with Crippen molar-refractivity contribution in [3.05, 3.63) is 54.3 Å². The van der Waals surface area contributed by atoms with E-state index in [1.165, 1.54) is 24.3 Å². The molecule has 0 radical (unpaired) electrons. The molecule has 2 rings (SSSR count). The third-order valence-corrected chi connectivity index (χ3v) is 5.18. The van der Waals surface area contributed by atoms with E-state index < -0.39 is 25.7 Å². The molecule has 0 fully saturated rings. The predicted molar refractivity (Wildman–Crippen MR) is 76.8 cm³/mol. The highest BCUT2D eigenvalue weighted by Gasteiger charge is 2.14. The van der Waals surface area contributed by atoms with Crippen LogP contribution in [0, 0.1) is 5.82 Å². The van der Waals surface area contributed by atoms with Gasteiger partial charge in [-0.2, -0.15) is 0 Å². The van der Waals surface area contributed by atoms with Crippen molar-refractivity contribution in [3.63, 3.8) is 0 Å². The zero-order valence-corrected chi connectivity index (χ0v) is 12.6. The predicted octanol–water partition coefficient (Wildman–Crippen LogP) is 2.03. The van der Waals surface area contributed by atoms with Crippen LogP contribution in [0.25, 0.3) is 0 Å². The molecule has 2 aromatic carbocycles. The molecule has 0 aliphatic rings. The maximum Gasteiger partial charge on any atom is 0.261 e. The highest BCUT2D eigenvalue weighted by Crippen LogP contribution is 2.18. The fraction of sp³-hybridized carbons (Fsp3) is 0.0769. The number of hydrogen-bond acceptors (Lipinski definition) is 4. The highest BCUT2D eigenvalue weighted by atomic mass is 32.2. The summed E-state index contributed by atoms with van der Waals surface area (Å²) in [6, 6.07) is 9.67. The molecule has 112 valence electrons. The zero-order chi connectivity index (χ0) is 15.7. The van der Waals surface area contributed by atoms with Gasteiger partial charge in [0.1, 0.15) is 5.82 Å². The smallest absolute Gasteiger partial charge is 0.261 e. The van der Waals surface area contributed by atoms with Gasteiger partial charge in [-0.3, -0.25) is 4.72 Å². The second kappa shape index (κ2) is 5.45. The number of sulfone groups is 1. The van der Waals surface area contributed by atoms with Crippen LogP contribution in [0.1, 0.15) is 0 Å². The van der Waals surface area contributed by atoms with Crippen molar-refractivity contribution in [2.24, 2.45) is 0 Å². The molecule has 0 aliphatic carbocycles. The summed E-state index contributed by atoms with van der Waals surface area (Å²) in [7, 11) is -7.18. The van der Waals surface area contributed by atoms with E-state index in [0.29, 0.717) is 0 Å². The van der Waals surface area contributed by atoms with Gasteiger partial charge in [0.25, 0.3) is 10.0 Å². The fourth-order valence-electron chi connectivity index (χ4n) is 1.60. The Morgan fingerprint density at radius 3 is 1.76 bits per heavy atom. The van der Waals surface area contributed by atoms with Gasteiger partial charge in [0, 0.05) is 11.9 Å². The van der Waals surface area contributed by atoms with Crippen LogP contribution < -0.4 is 4.72 Å². The van der Waals surface area contributed by atoms with E-state index >= 15 is 0 Å². The van der Waals surface area contributed by atoms with Gasteiger partial charge in [-0.15, -0.1) is 0 Å². The van der Waals surface area contributed by atoms with Crippen LogP contribution in [0.15, 0.2) is 58.3 Å². The Hall–Kier alpha value is -1.93. The molecule has 21 heavy (non-hydrogen) atoms. The second-order valence-electron chi connectivity index (χ2n) is 4.36. The lowest BCUT2D eigenvalue weighted by Gasteiger charge is -2.08. The first-order chi connectivity index (χ1) is 9.68. The Bertz CT molecular complexity index is 842. The first kappa shape index (κ1) is 15.5. The Kier molecular flexibility index (Phi) is 4.02. The lowest BCUT2D eigenvalue weighted by Crippen LogP contribution is -2.13. The molecule has 0 atom stereocenters. The van der Waals surface area contributed by atoms with Crippen molar-refractivity contribution < 1.29 is 21.2 Å². The number of hydrogen-bond donors (Lipinski definition) is 1. The number of sulfonamides is 1. The Labute approximate surface area is 122 Å². The molecule has 0 amide bonds. The zero-order valence-electron chi connectivity index (χ0n) is 10.9. The summed E-state index contributed by atoms with van der Waals surface area (Å²) in [5, 5.41) is 0. The number of halogens is 1. The monoisotopic (exact) mass is 329 g/mol. The lowest BCUT2D eigenvalue weighted by atomic mass is 10.3. The maximum absolute atomic E-state index is 12.8. The number of benzene rings is 2. The average molecular weight is 329 g/mol. The SMILES string of the molecule is CS(=O)(=O)c1ccc(NS(=O)(=O)c2ccc(F)cc2)cc1. The molecule has 0 heterocycles. The van der Waals surface area contributed by atoms with E-state index in [2.05, 4.69) is 4.72 Å². The van der Waals surface area contributed by atoms with Gasteiger partial charge in [-0.25, -0.2) is 21.2 Å². The van der Waals surface area contributed by atoms with E-state index in [0.717, 1.165) is 30.5 Å². The Morgan fingerprint density at radius 1 is 0.810 bits per heavy atom. The molecule has 0 saturated carbocycles. The average Bonchev–Trinajstić information content (AvgIpc) is 2.38. The van der Waals surface area contributed by atoms with Crippen LogP contribution in [-0.2, 0) is 19.9 Å². The van der Waals surface area contributed by atoms with Crippen LogP contribution in [0.4, 0.5) is 10.1 Å². The standard InChI is InChI=1S/C13H12FNO4S2/c1-20(16,17)12-8-4-11(5-9-12)15-21(18,19)13-6-2-10(14)3-7-13/h2-9,15H,1H3. The van der Waals surface area contributed by atoms with Crippen molar-refractivity contribution in [3.8, 4) is 0 Å². The molecule has 1 N–H and O–H groups in total. The molecular weight excluding hydrogens is 317 g/mol. The van der Waals surface area contributed by atoms with Crippen LogP contribution in [-0.4, -0.2) is 23.1 Å². The molecule has 0 aromatic heterocycles. The van der Waals surface area contributed by atoms with Crippen LogP contribution in [0.2, 0.25) is 0 Å². The summed E-state index contributed by atoms with van der Waals surface area (Å²) >= 11 is 0. The van der Waals surface area contributed by atoms with E-state index in [9.17, 15) is 21.2 Å². The lowest BCUT2D eigenvalue weighted by molar-refractivity contribution is 0.599. The molecule has 8 heteroatoms. The topological polar surface area (TPSA) is 80.3 Å². The van der Waals surface area contributed by atoms with Gasteiger partial charge in [-0.1, -0.05) is 0 Å². The van der Waals surface area contributed by atoms with E-state index in [-0.39, 0.29) is 15.5 Å². The van der Waals surface area contributed by atoms with Gasteiger partial charge < -0.3 is 0 Å². The molecule has 0 unspecified atom stereocenters. The Morgan fingerprint density at radius 2 is 1.29 bits per heavy atom. The molecular formula is C13H12FNO4S2. The van der Waals surface area contributed by atoms with Crippen molar-refractivity contribution in [1.82, 2.24) is 0 Å².